The van der Waals surface area contributed by atoms with E-state index in [0.717, 1.165) is 23.2 Å². The highest BCUT2D eigenvalue weighted by Gasteiger charge is 2.16. The lowest BCUT2D eigenvalue weighted by atomic mass is 9.97. The van der Waals surface area contributed by atoms with Gasteiger partial charge in [0, 0.05) is 16.1 Å². The van der Waals surface area contributed by atoms with Crippen LogP contribution in [0, 0.1) is 6.92 Å². The number of benzene rings is 2. The average Bonchev–Trinajstić information content (AvgIpc) is 2.47. The largest absolute Gasteiger partial charge is 0.496 e. The van der Waals surface area contributed by atoms with E-state index in [9.17, 15) is 0 Å². The monoisotopic (exact) mass is 347 g/mol. The molecule has 1 atom stereocenters. The van der Waals surface area contributed by atoms with Crippen molar-refractivity contribution in [1.29, 1.82) is 0 Å². The molecule has 0 radical (unpaired) electrons. The molecule has 0 bridgehead atoms. The van der Waals surface area contributed by atoms with E-state index in [1.165, 1.54) is 16.7 Å². The maximum absolute atomic E-state index is 5.53. The summed E-state index contributed by atoms with van der Waals surface area (Å²) in [4.78, 5) is 0. The van der Waals surface area contributed by atoms with Crippen molar-refractivity contribution in [2.45, 2.75) is 26.3 Å². The van der Waals surface area contributed by atoms with Crippen molar-refractivity contribution in [2.24, 2.45) is 0 Å². The highest BCUT2D eigenvalue weighted by atomic mass is 79.9. The van der Waals surface area contributed by atoms with Crippen LogP contribution in [0.1, 0.15) is 29.7 Å². The van der Waals surface area contributed by atoms with Gasteiger partial charge < -0.3 is 10.1 Å². The highest BCUT2D eigenvalue weighted by molar-refractivity contribution is 9.10. The molecule has 0 aliphatic carbocycles. The summed E-state index contributed by atoms with van der Waals surface area (Å²) in [5.74, 6) is 0.928. The molecule has 0 aliphatic rings. The summed E-state index contributed by atoms with van der Waals surface area (Å²) in [5.41, 5.74) is 3.82. The van der Waals surface area contributed by atoms with Crippen LogP contribution >= 0.6 is 15.9 Å². The van der Waals surface area contributed by atoms with E-state index >= 15 is 0 Å². The first-order chi connectivity index (χ1) is 10.1. The van der Waals surface area contributed by atoms with E-state index < -0.39 is 0 Å². The number of hydrogen-bond donors (Lipinski definition) is 1. The van der Waals surface area contributed by atoms with Crippen molar-refractivity contribution >= 4 is 15.9 Å². The molecule has 0 amide bonds. The number of rotatable bonds is 6. The molecule has 1 unspecified atom stereocenters. The molecule has 0 heterocycles. The lowest BCUT2D eigenvalue weighted by molar-refractivity contribution is 0.399. The van der Waals surface area contributed by atoms with Gasteiger partial charge in [0.25, 0.3) is 0 Å². The van der Waals surface area contributed by atoms with E-state index in [-0.39, 0.29) is 6.04 Å². The first kappa shape index (κ1) is 16.1. The van der Waals surface area contributed by atoms with Crippen molar-refractivity contribution in [1.82, 2.24) is 5.32 Å². The Labute approximate surface area is 135 Å². The standard InChI is InChI=1S/C18H22BrNO/c1-4-20-17(11-14-7-5-6-13(2)10-14)16-12-15(19)8-9-18(16)21-3/h5-10,12,17,20H,4,11H2,1-3H3. The molecule has 2 rings (SSSR count). The van der Waals surface area contributed by atoms with Gasteiger partial charge in [-0.15, -0.1) is 0 Å². The molecular weight excluding hydrogens is 326 g/mol. The van der Waals surface area contributed by atoms with Crippen molar-refractivity contribution in [3.05, 3.63) is 63.6 Å². The van der Waals surface area contributed by atoms with Crippen LogP contribution in [0.3, 0.4) is 0 Å². The van der Waals surface area contributed by atoms with Crippen LogP contribution in [0.4, 0.5) is 0 Å². The van der Waals surface area contributed by atoms with E-state index in [1.54, 1.807) is 7.11 Å². The maximum atomic E-state index is 5.53. The molecule has 0 spiro atoms. The maximum Gasteiger partial charge on any atom is 0.123 e. The molecule has 3 heteroatoms. The summed E-state index contributed by atoms with van der Waals surface area (Å²) in [5, 5.41) is 3.57. The van der Waals surface area contributed by atoms with Crippen molar-refractivity contribution in [3.8, 4) is 5.75 Å². The summed E-state index contributed by atoms with van der Waals surface area (Å²) in [6.07, 6.45) is 0.947. The van der Waals surface area contributed by atoms with Crippen LogP contribution in [0.25, 0.3) is 0 Å². The van der Waals surface area contributed by atoms with Gasteiger partial charge in [-0.3, -0.25) is 0 Å². The summed E-state index contributed by atoms with van der Waals surface area (Å²) < 4.78 is 6.60. The first-order valence-corrected chi connectivity index (χ1v) is 8.05. The topological polar surface area (TPSA) is 21.3 Å². The SMILES string of the molecule is CCNC(Cc1cccc(C)c1)c1cc(Br)ccc1OC. The predicted molar refractivity (Wildman–Crippen MR) is 92.0 cm³/mol. The van der Waals surface area contributed by atoms with Crippen molar-refractivity contribution < 1.29 is 4.74 Å². The fraction of sp³-hybridized carbons (Fsp3) is 0.333. The summed E-state index contributed by atoms with van der Waals surface area (Å²) >= 11 is 3.56. The predicted octanol–water partition coefficient (Wildman–Crippen LogP) is 4.66. The molecule has 0 saturated heterocycles. The van der Waals surface area contributed by atoms with Crippen molar-refractivity contribution in [2.75, 3.05) is 13.7 Å². The van der Waals surface area contributed by atoms with Crippen molar-refractivity contribution in [3.63, 3.8) is 0 Å². The lowest BCUT2D eigenvalue weighted by Gasteiger charge is -2.21. The molecule has 2 aromatic rings. The third-order valence-corrected chi connectivity index (χ3v) is 4.03. The lowest BCUT2D eigenvalue weighted by Crippen LogP contribution is -2.23. The second-order valence-corrected chi connectivity index (χ2v) is 6.11. The van der Waals surface area contributed by atoms with E-state index in [1.807, 2.05) is 12.1 Å². The highest BCUT2D eigenvalue weighted by Crippen LogP contribution is 2.30. The van der Waals surface area contributed by atoms with Gasteiger partial charge in [0.15, 0.2) is 0 Å². The Bertz CT molecular complexity index is 598. The molecule has 1 N–H and O–H groups in total. The summed E-state index contributed by atoms with van der Waals surface area (Å²) in [7, 11) is 1.72. The quantitative estimate of drug-likeness (QED) is 0.820. The van der Waals surface area contributed by atoms with Crippen LogP contribution in [0.15, 0.2) is 46.9 Å². The van der Waals surface area contributed by atoms with Gasteiger partial charge >= 0.3 is 0 Å². The van der Waals surface area contributed by atoms with Crippen LogP contribution < -0.4 is 10.1 Å². The Morgan fingerprint density at radius 3 is 2.67 bits per heavy atom. The summed E-state index contributed by atoms with van der Waals surface area (Å²) in [6, 6.07) is 15.1. The zero-order valence-electron chi connectivity index (χ0n) is 12.8. The Hall–Kier alpha value is -1.32. The van der Waals surface area contributed by atoms with Gasteiger partial charge in [0.05, 0.1) is 7.11 Å². The average molecular weight is 348 g/mol. The molecule has 0 saturated carbocycles. The number of hydrogen-bond acceptors (Lipinski definition) is 2. The number of ether oxygens (including phenoxy) is 1. The Morgan fingerprint density at radius 2 is 2.00 bits per heavy atom. The van der Waals surface area contributed by atoms with E-state index in [2.05, 4.69) is 65.4 Å². The van der Waals surface area contributed by atoms with E-state index in [4.69, 9.17) is 4.74 Å². The second kappa shape index (κ2) is 7.62. The van der Waals surface area contributed by atoms with Gasteiger partial charge in [-0.1, -0.05) is 52.7 Å². The number of nitrogens with one attached hydrogen (secondary N) is 1. The number of methoxy groups -OCH3 is 1. The van der Waals surface area contributed by atoms with Gasteiger partial charge in [-0.25, -0.2) is 0 Å². The normalized spacial score (nSPS) is 12.2. The van der Waals surface area contributed by atoms with Crippen LogP contribution in [-0.2, 0) is 6.42 Å². The Morgan fingerprint density at radius 1 is 1.19 bits per heavy atom. The minimum absolute atomic E-state index is 0.240. The molecule has 2 aromatic carbocycles. The first-order valence-electron chi connectivity index (χ1n) is 7.26. The minimum atomic E-state index is 0.240. The smallest absolute Gasteiger partial charge is 0.123 e. The number of likely N-dealkylation sites (N-methyl/N-ethyl adjacent to an activating group) is 1. The van der Waals surface area contributed by atoms with Gasteiger partial charge in [0.2, 0.25) is 0 Å². The third-order valence-electron chi connectivity index (χ3n) is 3.54. The summed E-state index contributed by atoms with van der Waals surface area (Å²) in [6.45, 7) is 5.19. The fourth-order valence-electron chi connectivity index (χ4n) is 2.59. The molecule has 0 aliphatic heterocycles. The van der Waals surface area contributed by atoms with Gasteiger partial charge in [-0.05, 0) is 43.7 Å². The van der Waals surface area contributed by atoms with Crippen LogP contribution in [0.2, 0.25) is 0 Å². The minimum Gasteiger partial charge on any atom is -0.496 e. The molecular formula is C18H22BrNO. The Balaban J connectivity index is 2.32. The molecule has 21 heavy (non-hydrogen) atoms. The van der Waals surface area contributed by atoms with Crippen LogP contribution in [0.5, 0.6) is 5.75 Å². The molecule has 2 nitrogen and oxygen atoms in total. The zero-order valence-corrected chi connectivity index (χ0v) is 14.4. The van der Waals surface area contributed by atoms with Gasteiger partial charge in [0.1, 0.15) is 5.75 Å². The second-order valence-electron chi connectivity index (χ2n) is 5.19. The van der Waals surface area contributed by atoms with E-state index in [0.29, 0.717) is 0 Å². The third kappa shape index (κ3) is 4.32. The number of aryl methyl sites for hydroxylation is 1. The molecule has 0 fully saturated rings. The van der Waals surface area contributed by atoms with Crippen LogP contribution in [-0.4, -0.2) is 13.7 Å². The fourth-order valence-corrected chi connectivity index (χ4v) is 2.97. The molecule has 112 valence electrons. The Kier molecular flexibility index (Phi) is 5.83. The zero-order chi connectivity index (χ0) is 15.2. The molecule has 0 aromatic heterocycles. The number of halogens is 1. The van der Waals surface area contributed by atoms with Gasteiger partial charge in [-0.2, -0.15) is 0 Å².